The van der Waals surface area contributed by atoms with Gasteiger partial charge in [-0.1, -0.05) is 11.6 Å². The first-order valence-corrected chi connectivity index (χ1v) is 7.41. The van der Waals surface area contributed by atoms with Crippen molar-refractivity contribution in [2.24, 2.45) is 0 Å². The van der Waals surface area contributed by atoms with E-state index in [1.807, 2.05) is 12.1 Å². The molecule has 1 N–H and O–H groups in total. The molecular formula is C13H7ClN4O2S. The number of sulfonamides is 1. The smallest absolute Gasteiger partial charge is 0.263 e. The lowest BCUT2D eigenvalue weighted by molar-refractivity contribution is 0.601. The van der Waals surface area contributed by atoms with Crippen LogP contribution in [0.25, 0.3) is 0 Å². The zero-order valence-corrected chi connectivity index (χ0v) is 12.0. The molecule has 21 heavy (non-hydrogen) atoms. The third-order valence-corrected chi connectivity index (χ3v) is 4.17. The maximum Gasteiger partial charge on any atom is 0.263 e. The Morgan fingerprint density at radius 1 is 1.14 bits per heavy atom. The molecule has 0 bridgehead atoms. The van der Waals surface area contributed by atoms with Crippen molar-refractivity contribution in [3.8, 4) is 12.1 Å². The molecule has 8 heteroatoms. The highest BCUT2D eigenvalue weighted by Crippen LogP contribution is 2.21. The van der Waals surface area contributed by atoms with Crippen LogP contribution >= 0.6 is 11.6 Å². The number of hydrogen-bond acceptors (Lipinski definition) is 5. The molecule has 0 saturated heterocycles. The molecule has 0 spiro atoms. The molecule has 1 aromatic heterocycles. The van der Waals surface area contributed by atoms with Crippen molar-refractivity contribution in [1.82, 2.24) is 4.98 Å². The minimum Gasteiger partial charge on any atom is -0.263 e. The lowest BCUT2D eigenvalue weighted by atomic mass is 10.2. The number of nitrogens with one attached hydrogen (secondary N) is 1. The Hall–Kier alpha value is -2.61. The van der Waals surface area contributed by atoms with Crippen LogP contribution < -0.4 is 4.72 Å². The van der Waals surface area contributed by atoms with Gasteiger partial charge in [-0.3, -0.25) is 4.72 Å². The molecule has 0 radical (unpaired) electrons. The minimum atomic E-state index is -3.87. The predicted molar refractivity (Wildman–Crippen MR) is 75.9 cm³/mol. The quantitative estimate of drug-likeness (QED) is 0.934. The van der Waals surface area contributed by atoms with Crippen LogP contribution in [0.5, 0.6) is 0 Å². The van der Waals surface area contributed by atoms with E-state index in [1.165, 1.54) is 36.5 Å². The molecule has 2 rings (SSSR count). The molecule has 0 fully saturated rings. The number of nitrogens with zero attached hydrogens (tertiary/aromatic N) is 3. The average Bonchev–Trinajstić information content (AvgIpc) is 2.47. The highest BCUT2D eigenvalue weighted by atomic mass is 35.5. The highest BCUT2D eigenvalue weighted by Gasteiger charge is 2.16. The number of nitriles is 2. The van der Waals surface area contributed by atoms with Gasteiger partial charge in [0.1, 0.15) is 18.0 Å². The van der Waals surface area contributed by atoms with Crippen LogP contribution in [-0.2, 0) is 10.0 Å². The molecule has 0 amide bonds. The summed E-state index contributed by atoms with van der Waals surface area (Å²) >= 11 is 5.81. The third-order valence-electron chi connectivity index (χ3n) is 2.50. The standard InChI is InChI=1S/C13H7ClN4O2S/c14-12-5-11(3-2-10(12)7-16)21(19,20)18-13-4-1-9(6-15)8-17-13/h1-5,8H,(H,17,18). The summed E-state index contributed by atoms with van der Waals surface area (Å²) in [6.45, 7) is 0. The van der Waals surface area contributed by atoms with Crippen molar-refractivity contribution in [3.63, 3.8) is 0 Å². The Morgan fingerprint density at radius 3 is 2.43 bits per heavy atom. The van der Waals surface area contributed by atoms with E-state index >= 15 is 0 Å². The summed E-state index contributed by atoms with van der Waals surface area (Å²) < 4.78 is 26.6. The van der Waals surface area contributed by atoms with E-state index in [4.69, 9.17) is 22.1 Å². The topological polar surface area (TPSA) is 107 Å². The van der Waals surface area contributed by atoms with E-state index in [2.05, 4.69) is 9.71 Å². The van der Waals surface area contributed by atoms with Gasteiger partial charge in [-0.2, -0.15) is 10.5 Å². The molecule has 0 aliphatic heterocycles. The summed E-state index contributed by atoms with van der Waals surface area (Å²) in [5, 5.41) is 17.5. The molecule has 0 unspecified atom stereocenters. The number of rotatable bonds is 3. The van der Waals surface area contributed by atoms with Crippen molar-refractivity contribution in [2.75, 3.05) is 4.72 Å². The summed E-state index contributed by atoms with van der Waals surface area (Å²) in [6, 6.07) is 10.3. The van der Waals surface area contributed by atoms with Gasteiger partial charge in [0, 0.05) is 6.20 Å². The molecule has 0 aliphatic carbocycles. The van der Waals surface area contributed by atoms with E-state index in [1.54, 1.807) is 0 Å². The summed E-state index contributed by atoms with van der Waals surface area (Å²) in [4.78, 5) is 3.73. The summed E-state index contributed by atoms with van der Waals surface area (Å²) in [5.74, 6) is 0.0782. The van der Waals surface area contributed by atoms with E-state index in [9.17, 15) is 8.42 Å². The molecule has 1 heterocycles. The summed E-state index contributed by atoms with van der Waals surface area (Å²) in [7, 11) is -3.87. The number of pyridine rings is 1. The second-order valence-electron chi connectivity index (χ2n) is 3.90. The van der Waals surface area contributed by atoms with Gasteiger partial charge in [-0.25, -0.2) is 13.4 Å². The number of anilines is 1. The fraction of sp³-hybridized carbons (Fsp3) is 0. The monoisotopic (exact) mass is 318 g/mol. The molecule has 6 nitrogen and oxygen atoms in total. The van der Waals surface area contributed by atoms with Crippen molar-refractivity contribution in [3.05, 3.63) is 52.7 Å². The fourth-order valence-electron chi connectivity index (χ4n) is 1.47. The molecule has 2 aromatic rings. The highest BCUT2D eigenvalue weighted by molar-refractivity contribution is 7.92. The average molecular weight is 319 g/mol. The van der Waals surface area contributed by atoms with Crippen LogP contribution in [0.3, 0.4) is 0 Å². The third kappa shape index (κ3) is 3.29. The lowest BCUT2D eigenvalue weighted by Gasteiger charge is -2.08. The zero-order valence-electron chi connectivity index (χ0n) is 10.4. The second kappa shape index (κ2) is 5.80. The normalized spacial score (nSPS) is 10.4. The fourth-order valence-corrected chi connectivity index (χ4v) is 2.79. The molecular weight excluding hydrogens is 312 g/mol. The predicted octanol–water partition coefficient (Wildman–Crippen LogP) is 2.28. The molecule has 0 saturated carbocycles. The largest absolute Gasteiger partial charge is 0.263 e. The van der Waals surface area contributed by atoms with Crippen LogP contribution in [-0.4, -0.2) is 13.4 Å². The van der Waals surface area contributed by atoms with Gasteiger partial charge in [-0.15, -0.1) is 0 Å². The number of aromatic nitrogens is 1. The number of hydrogen-bond donors (Lipinski definition) is 1. The van der Waals surface area contributed by atoms with Gasteiger partial charge in [-0.05, 0) is 30.3 Å². The van der Waals surface area contributed by atoms with Crippen LogP contribution in [0.1, 0.15) is 11.1 Å². The van der Waals surface area contributed by atoms with Gasteiger partial charge in [0.05, 0.1) is 21.0 Å². The van der Waals surface area contributed by atoms with Crippen LogP contribution in [0.2, 0.25) is 5.02 Å². The van der Waals surface area contributed by atoms with Gasteiger partial charge >= 0.3 is 0 Å². The first-order valence-electron chi connectivity index (χ1n) is 5.55. The van der Waals surface area contributed by atoms with E-state index in [0.717, 1.165) is 0 Å². The van der Waals surface area contributed by atoms with Gasteiger partial charge < -0.3 is 0 Å². The van der Waals surface area contributed by atoms with Crippen LogP contribution in [0.15, 0.2) is 41.4 Å². The summed E-state index contributed by atoms with van der Waals surface area (Å²) in [6.07, 6.45) is 1.25. The van der Waals surface area contributed by atoms with Gasteiger partial charge in [0.15, 0.2) is 0 Å². The van der Waals surface area contributed by atoms with Gasteiger partial charge in [0.2, 0.25) is 0 Å². The SMILES string of the molecule is N#Cc1ccc(NS(=O)(=O)c2ccc(C#N)c(Cl)c2)nc1. The van der Waals surface area contributed by atoms with E-state index in [0.29, 0.717) is 5.56 Å². The molecule has 0 atom stereocenters. The lowest BCUT2D eigenvalue weighted by Crippen LogP contribution is -2.14. The molecule has 1 aromatic carbocycles. The van der Waals surface area contributed by atoms with Crippen molar-refractivity contribution >= 4 is 27.4 Å². The van der Waals surface area contributed by atoms with E-state index < -0.39 is 10.0 Å². The first-order chi connectivity index (χ1) is 9.96. The van der Waals surface area contributed by atoms with Crippen molar-refractivity contribution in [2.45, 2.75) is 4.90 Å². The minimum absolute atomic E-state index is 0.0492. The molecule has 0 aliphatic rings. The second-order valence-corrected chi connectivity index (χ2v) is 5.99. The Kier molecular flexibility index (Phi) is 4.08. The Morgan fingerprint density at radius 2 is 1.90 bits per heavy atom. The van der Waals surface area contributed by atoms with Crippen LogP contribution in [0.4, 0.5) is 5.82 Å². The zero-order chi connectivity index (χ0) is 15.5. The van der Waals surface area contributed by atoms with Crippen molar-refractivity contribution in [1.29, 1.82) is 10.5 Å². The number of benzene rings is 1. The van der Waals surface area contributed by atoms with Crippen molar-refractivity contribution < 1.29 is 8.42 Å². The Labute approximate surface area is 126 Å². The Balaban J connectivity index is 2.32. The van der Waals surface area contributed by atoms with Crippen LogP contribution in [0, 0.1) is 22.7 Å². The maximum absolute atomic E-state index is 12.2. The number of halogens is 1. The summed E-state index contributed by atoms with van der Waals surface area (Å²) in [5.41, 5.74) is 0.506. The maximum atomic E-state index is 12.2. The molecule has 104 valence electrons. The van der Waals surface area contributed by atoms with Gasteiger partial charge in [0.25, 0.3) is 10.0 Å². The van der Waals surface area contributed by atoms with E-state index in [-0.39, 0.29) is 21.3 Å². The first kappa shape index (κ1) is 14.8. The Bertz CT molecular complexity index is 865.